The number of H-pyrrole nitrogens is 1. The highest BCUT2D eigenvalue weighted by Gasteiger charge is 2.28. The van der Waals surface area contributed by atoms with Crippen LogP contribution in [0.2, 0.25) is 0 Å². The Morgan fingerprint density at radius 2 is 2.10 bits per heavy atom. The first-order chi connectivity index (χ1) is 9.37. The van der Waals surface area contributed by atoms with E-state index in [0.717, 1.165) is 0 Å². The predicted molar refractivity (Wildman–Crippen MR) is 74.3 cm³/mol. The number of anilines is 1. The van der Waals surface area contributed by atoms with Gasteiger partial charge in [-0.05, 0) is 20.3 Å². The van der Waals surface area contributed by atoms with E-state index in [2.05, 4.69) is 9.97 Å². The second-order valence-electron chi connectivity index (χ2n) is 4.55. The number of hydrogen-bond donors (Lipinski definition) is 2. The third-order valence-corrected chi connectivity index (χ3v) is 3.30. The van der Waals surface area contributed by atoms with Crippen LogP contribution in [0.3, 0.4) is 0 Å². The number of methoxy groups -OCH3 is 1. The summed E-state index contributed by atoms with van der Waals surface area (Å²) in [6.07, 6.45) is 0.418. The van der Waals surface area contributed by atoms with Gasteiger partial charge in [-0.15, -0.1) is 0 Å². The van der Waals surface area contributed by atoms with Gasteiger partial charge in [0, 0.05) is 7.11 Å². The molecule has 0 aliphatic rings. The van der Waals surface area contributed by atoms with Crippen molar-refractivity contribution in [2.75, 3.05) is 19.5 Å². The average molecular weight is 283 g/mol. The number of carbonyl (C=O) groups excluding carboxylic acids is 1. The van der Waals surface area contributed by atoms with Gasteiger partial charge in [0.15, 0.2) is 0 Å². The number of carbonyl (C=O) groups is 1. The van der Waals surface area contributed by atoms with Gasteiger partial charge < -0.3 is 20.2 Å². The maximum atomic E-state index is 12.0. The van der Waals surface area contributed by atoms with Gasteiger partial charge >= 0.3 is 5.97 Å². The number of ether oxygens (including phenoxy) is 2. The van der Waals surface area contributed by atoms with E-state index >= 15 is 0 Å². The van der Waals surface area contributed by atoms with Crippen molar-refractivity contribution >= 4 is 11.8 Å². The molecule has 20 heavy (non-hydrogen) atoms. The smallest absolute Gasteiger partial charge is 0.310 e. The van der Waals surface area contributed by atoms with Crippen LogP contribution in [0.5, 0.6) is 0 Å². The zero-order valence-electron chi connectivity index (χ0n) is 12.3. The number of rotatable bonds is 6. The van der Waals surface area contributed by atoms with E-state index in [0.29, 0.717) is 12.2 Å². The Hall–Kier alpha value is -1.89. The molecule has 1 unspecified atom stereocenters. The van der Waals surface area contributed by atoms with E-state index in [-0.39, 0.29) is 24.4 Å². The van der Waals surface area contributed by atoms with Crippen LogP contribution < -0.4 is 11.3 Å². The maximum Gasteiger partial charge on any atom is 0.310 e. The van der Waals surface area contributed by atoms with Crippen LogP contribution in [0.15, 0.2) is 4.79 Å². The first-order valence-electron chi connectivity index (χ1n) is 6.47. The standard InChI is InChI=1S/C13H21N3O4/c1-5-13(3,19-4)12-15-10(14)8(11(18)16-12)7-9(17)20-6-2/h5-7H2,1-4H3,(H3,14,15,16,18). The molecule has 0 amide bonds. The molecule has 1 atom stereocenters. The molecule has 1 heterocycles. The highest BCUT2D eigenvalue weighted by molar-refractivity contribution is 5.74. The summed E-state index contributed by atoms with van der Waals surface area (Å²) < 4.78 is 10.2. The summed E-state index contributed by atoms with van der Waals surface area (Å²) in [5.74, 6) is -0.143. The zero-order chi connectivity index (χ0) is 15.3. The third kappa shape index (κ3) is 3.36. The molecule has 0 aliphatic carbocycles. The lowest BCUT2D eigenvalue weighted by Gasteiger charge is -2.25. The third-order valence-electron chi connectivity index (χ3n) is 3.30. The van der Waals surface area contributed by atoms with Crippen molar-refractivity contribution in [1.82, 2.24) is 9.97 Å². The van der Waals surface area contributed by atoms with Gasteiger partial charge in [0.05, 0.1) is 18.6 Å². The SMILES string of the molecule is CCOC(=O)Cc1c(N)nc(C(C)(CC)OC)[nH]c1=O. The minimum atomic E-state index is -0.726. The number of aromatic nitrogens is 2. The molecule has 0 saturated carbocycles. The minimum absolute atomic E-state index is 0.0218. The largest absolute Gasteiger partial charge is 0.466 e. The summed E-state index contributed by atoms with van der Waals surface area (Å²) in [7, 11) is 1.53. The minimum Gasteiger partial charge on any atom is -0.466 e. The van der Waals surface area contributed by atoms with Gasteiger partial charge in [0.25, 0.3) is 5.56 Å². The highest BCUT2D eigenvalue weighted by atomic mass is 16.5. The highest BCUT2D eigenvalue weighted by Crippen LogP contribution is 2.25. The summed E-state index contributed by atoms with van der Waals surface area (Å²) in [6.45, 7) is 5.65. The molecule has 0 aliphatic heterocycles. The van der Waals surface area contributed by atoms with E-state index in [9.17, 15) is 9.59 Å². The predicted octanol–water partition coefficient (Wildman–Crippen LogP) is 0.729. The normalized spacial score (nSPS) is 13.8. The van der Waals surface area contributed by atoms with E-state index < -0.39 is 17.1 Å². The second kappa shape index (κ2) is 6.51. The molecule has 0 bridgehead atoms. The number of nitrogens with one attached hydrogen (secondary N) is 1. The van der Waals surface area contributed by atoms with Crippen LogP contribution in [0, 0.1) is 0 Å². The van der Waals surface area contributed by atoms with E-state index in [1.165, 1.54) is 7.11 Å². The Balaban J connectivity index is 3.16. The zero-order valence-corrected chi connectivity index (χ0v) is 12.3. The summed E-state index contributed by atoms with van der Waals surface area (Å²) in [5, 5.41) is 0. The Morgan fingerprint density at radius 3 is 2.55 bits per heavy atom. The van der Waals surface area contributed by atoms with Crippen molar-refractivity contribution in [3.8, 4) is 0 Å². The van der Waals surface area contributed by atoms with Crippen molar-refractivity contribution in [2.24, 2.45) is 0 Å². The number of nitrogens with zero attached hydrogens (tertiary/aromatic N) is 1. The molecule has 7 heteroatoms. The van der Waals surface area contributed by atoms with Gasteiger partial charge in [0.1, 0.15) is 17.2 Å². The molecule has 0 aromatic carbocycles. The van der Waals surface area contributed by atoms with Gasteiger partial charge in [-0.3, -0.25) is 9.59 Å². The Kier molecular flexibility index (Phi) is 5.26. The molecule has 0 radical (unpaired) electrons. The van der Waals surface area contributed by atoms with E-state index in [1.54, 1.807) is 13.8 Å². The Labute approximate surface area is 117 Å². The lowest BCUT2D eigenvalue weighted by molar-refractivity contribution is -0.142. The molecular formula is C13H21N3O4. The molecule has 1 aromatic heterocycles. The molecule has 1 aromatic rings. The van der Waals surface area contributed by atoms with Gasteiger partial charge in [-0.2, -0.15) is 0 Å². The summed E-state index contributed by atoms with van der Waals surface area (Å²) >= 11 is 0. The number of aromatic amines is 1. The molecule has 3 N–H and O–H groups in total. The van der Waals surface area contributed by atoms with Crippen molar-refractivity contribution < 1.29 is 14.3 Å². The van der Waals surface area contributed by atoms with Gasteiger partial charge in [-0.1, -0.05) is 6.92 Å². The van der Waals surface area contributed by atoms with Crippen LogP contribution in [-0.4, -0.2) is 29.7 Å². The van der Waals surface area contributed by atoms with E-state index in [4.69, 9.17) is 15.2 Å². The quantitative estimate of drug-likeness (QED) is 0.745. The van der Waals surface area contributed by atoms with E-state index in [1.807, 2.05) is 6.92 Å². The van der Waals surface area contributed by atoms with Crippen LogP contribution in [-0.2, 0) is 26.3 Å². The average Bonchev–Trinajstić information content (AvgIpc) is 2.42. The van der Waals surface area contributed by atoms with Crippen LogP contribution in [0.25, 0.3) is 0 Å². The van der Waals surface area contributed by atoms with Gasteiger partial charge in [0.2, 0.25) is 0 Å². The van der Waals surface area contributed by atoms with Crippen molar-refractivity contribution in [3.63, 3.8) is 0 Å². The molecule has 0 fully saturated rings. The first kappa shape index (κ1) is 16.2. The second-order valence-corrected chi connectivity index (χ2v) is 4.55. The maximum absolute atomic E-state index is 12.0. The lowest BCUT2D eigenvalue weighted by Crippen LogP contribution is -2.32. The Bertz CT molecular complexity index is 535. The number of nitrogens with two attached hydrogens (primary N) is 1. The van der Waals surface area contributed by atoms with Crippen molar-refractivity contribution in [1.29, 1.82) is 0 Å². The Morgan fingerprint density at radius 1 is 1.45 bits per heavy atom. The molecule has 0 spiro atoms. The fourth-order valence-corrected chi connectivity index (χ4v) is 1.70. The molecular weight excluding hydrogens is 262 g/mol. The van der Waals surface area contributed by atoms with Crippen LogP contribution in [0.4, 0.5) is 5.82 Å². The molecule has 0 saturated heterocycles. The van der Waals surface area contributed by atoms with Crippen LogP contribution in [0.1, 0.15) is 38.6 Å². The van der Waals surface area contributed by atoms with Crippen molar-refractivity contribution in [3.05, 3.63) is 21.7 Å². The number of nitrogen functional groups attached to an aromatic ring is 1. The number of hydrogen-bond acceptors (Lipinski definition) is 6. The summed E-state index contributed by atoms with van der Waals surface area (Å²) in [5.41, 5.74) is 4.72. The fraction of sp³-hybridized carbons (Fsp3) is 0.615. The molecule has 1 rings (SSSR count). The van der Waals surface area contributed by atoms with Gasteiger partial charge in [-0.25, -0.2) is 4.98 Å². The fourth-order valence-electron chi connectivity index (χ4n) is 1.70. The summed E-state index contributed by atoms with van der Waals surface area (Å²) in [4.78, 5) is 30.2. The lowest BCUT2D eigenvalue weighted by atomic mass is 10.0. The monoisotopic (exact) mass is 283 g/mol. The summed E-state index contributed by atoms with van der Waals surface area (Å²) in [6, 6.07) is 0. The van der Waals surface area contributed by atoms with Crippen molar-refractivity contribution in [2.45, 2.75) is 39.2 Å². The molecule has 112 valence electrons. The molecule has 7 nitrogen and oxygen atoms in total. The topological polar surface area (TPSA) is 107 Å². The number of esters is 1. The first-order valence-corrected chi connectivity index (χ1v) is 6.47. The van der Waals surface area contributed by atoms with Crippen LogP contribution >= 0.6 is 0 Å².